The van der Waals surface area contributed by atoms with E-state index < -0.39 is 16.1 Å². The highest BCUT2D eigenvalue weighted by Crippen LogP contribution is 2.65. The van der Waals surface area contributed by atoms with Gasteiger partial charge in [0.15, 0.2) is 0 Å². The Balaban J connectivity index is 1.57. The van der Waals surface area contributed by atoms with E-state index in [4.69, 9.17) is 4.74 Å². The van der Waals surface area contributed by atoms with E-state index in [1.807, 2.05) is 12.1 Å². The summed E-state index contributed by atoms with van der Waals surface area (Å²) in [6.45, 7) is 3.22. The molecule has 1 N–H and O–H groups in total. The van der Waals surface area contributed by atoms with E-state index >= 15 is 0 Å². The molecule has 1 aliphatic heterocycles. The van der Waals surface area contributed by atoms with Gasteiger partial charge in [-0.2, -0.15) is 12.7 Å². The number of fused-ring (bicyclic) bond motifs is 7. The van der Waals surface area contributed by atoms with Crippen molar-refractivity contribution >= 4 is 27.0 Å². The fourth-order valence-corrected chi connectivity index (χ4v) is 7.18. The van der Waals surface area contributed by atoms with Gasteiger partial charge in [0.2, 0.25) is 0 Å². The van der Waals surface area contributed by atoms with Crippen LogP contribution >= 0.6 is 0 Å². The second-order valence-corrected chi connectivity index (χ2v) is 13.4. The maximum atomic E-state index is 13.0. The lowest BCUT2D eigenvalue weighted by atomic mass is 9.81. The van der Waals surface area contributed by atoms with Crippen LogP contribution in [0.3, 0.4) is 0 Å². The Labute approximate surface area is 219 Å². The lowest BCUT2D eigenvalue weighted by molar-refractivity contribution is 0.0980. The number of hydrogen-bond donors (Lipinski definition) is 1. The molecule has 1 amide bonds. The van der Waals surface area contributed by atoms with E-state index in [1.54, 1.807) is 13.2 Å². The predicted molar refractivity (Wildman–Crippen MR) is 145 cm³/mol. The van der Waals surface area contributed by atoms with Gasteiger partial charge in [0.1, 0.15) is 5.75 Å². The van der Waals surface area contributed by atoms with Crippen LogP contribution in [0.1, 0.15) is 78.8 Å². The zero-order chi connectivity index (χ0) is 26.1. The number of carbonyl (C=O) groups excluding carboxylic acids is 1. The highest BCUT2D eigenvalue weighted by molar-refractivity contribution is 7.87. The number of ether oxygens (including phenoxy) is 1. The van der Waals surface area contributed by atoms with E-state index in [9.17, 15) is 13.2 Å². The molecule has 2 saturated carbocycles. The standard InChI is InChI=1S/C29H35N3O4S/c1-29-16-24(29)23-15-20(36-4)11-13-21(23)27-26(18-8-6-5-7-9-18)22-12-10-19(14-25(22)32(27)17-29)28(33)30-37(34,35)31(2)3/h10-15,18,24H,5-9,16-17H2,1-4H3,(H,30,33)/t24-,29-/m1/s1. The minimum Gasteiger partial charge on any atom is -0.497 e. The van der Waals surface area contributed by atoms with Crippen molar-refractivity contribution < 1.29 is 17.9 Å². The molecule has 8 heteroatoms. The second kappa shape index (κ2) is 8.60. The molecular formula is C29H35N3O4S. The Bertz CT molecular complexity index is 1520. The molecule has 196 valence electrons. The van der Waals surface area contributed by atoms with Gasteiger partial charge in [-0.1, -0.05) is 32.3 Å². The smallest absolute Gasteiger partial charge is 0.303 e. The topological polar surface area (TPSA) is 80.6 Å². The molecule has 1 aromatic heterocycles. The largest absolute Gasteiger partial charge is 0.497 e. The monoisotopic (exact) mass is 521 g/mol. The molecule has 0 spiro atoms. The van der Waals surface area contributed by atoms with Gasteiger partial charge in [0.05, 0.1) is 12.8 Å². The summed E-state index contributed by atoms with van der Waals surface area (Å²) < 4.78 is 35.9. The van der Waals surface area contributed by atoms with Crippen molar-refractivity contribution in [2.45, 2.75) is 63.8 Å². The van der Waals surface area contributed by atoms with Gasteiger partial charge < -0.3 is 9.30 Å². The molecule has 0 saturated heterocycles. The van der Waals surface area contributed by atoms with Crippen molar-refractivity contribution in [3.8, 4) is 17.0 Å². The highest BCUT2D eigenvalue weighted by atomic mass is 32.2. The average Bonchev–Trinajstić information content (AvgIpc) is 3.47. The van der Waals surface area contributed by atoms with Gasteiger partial charge in [-0.15, -0.1) is 0 Å². The fourth-order valence-electron chi connectivity index (χ4n) is 6.64. The third-order valence-electron chi connectivity index (χ3n) is 8.84. The normalized spacial score (nSPS) is 23.2. The van der Waals surface area contributed by atoms with Crippen LogP contribution < -0.4 is 9.46 Å². The lowest BCUT2D eigenvalue weighted by Gasteiger charge is -2.24. The number of aromatic nitrogens is 1. The summed E-state index contributed by atoms with van der Waals surface area (Å²) in [5.74, 6) is 1.22. The van der Waals surface area contributed by atoms with Crippen LogP contribution in [0.25, 0.3) is 22.2 Å². The van der Waals surface area contributed by atoms with Crippen LogP contribution in [0.2, 0.25) is 0 Å². The van der Waals surface area contributed by atoms with Crippen LogP contribution in [0.4, 0.5) is 0 Å². The Morgan fingerprint density at radius 1 is 1.11 bits per heavy atom. The molecule has 0 bridgehead atoms. The zero-order valence-electron chi connectivity index (χ0n) is 22.0. The first-order valence-corrected chi connectivity index (χ1v) is 14.7. The van der Waals surface area contributed by atoms with Crippen LogP contribution in [-0.4, -0.2) is 44.4 Å². The number of carbonyl (C=O) groups is 1. The predicted octanol–water partition coefficient (Wildman–Crippen LogP) is 5.41. The SMILES string of the molecule is COc1ccc2c(c1)[C@H]1C[C@]1(C)Cn1c-2c(C2CCCCC2)c2ccc(C(=O)NS(=O)(=O)N(C)C)cc21. The lowest BCUT2D eigenvalue weighted by Crippen LogP contribution is -2.39. The van der Waals surface area contributed by atoms with Crippen LogP contribution in [0.5, 0.6) is 5.75 Å². The van der Waals surface area contributed by atoms with E-state index in [2.05, 4.69) is 34.4 Å². The number of amides is 1. The van der Waals surface area contributed by atoms with Crippen molar-refractivity contribution in [2.24, 2.45) is 5.41 Å². The first-order chi connectivity index (χ1) is 17.6. The van der Waals surface area contributed by atoms with Crippen molar-refractivity contribution in [1.29, 1.82) is 0 Å². The number of nitrogens with zero attached hydrogens (tertiary/aromatic N) is 2. The van der Waals surface area contributed by atoms with Crippen molar-refractivity contribution in [1.82, 2.24) is 13.6 Å². The Kier molecular flexibility index (Phi) is 5.69. The Morgan fingerprint density at radius 3 is 2.57 bits per heavy atom. The molecule has 3 aromatic rings. The molecule has 2 aromatic carbocycles. The first kappa shape index (κ1) is 24.5. The molecule has 7 nitrogen and oxygen atoms in total. The van der Waals surface area contributed by atoms with Gasteiger partial charge in [-0.3, -0.25) is 4.79 Å². The quantitative estimate of drug-likeness (QED) is 0.487. The van der Waals surface area contributed by atoms with Crippen LogP contribution in [-0.2, 0) is 16.8 Å². The molecule has 2 fully saturated rings. The number of hydrogen-bond acceptors (Lipinski definition) is 4. The van der Waals surface area contributed by atoms with Crippen molar-refractivity contribution in [3.63, 3.8) is 0 Å². The van der Waals surface area contributed by atoms with Gasteiger partial charge in [-0.25, -0.2) is 4.72 Å². The van der Waals surface area contributed by atoms with E-state index in [0.29, 0.717) is 17.4 Å². The summed E-state index contributed by atoms with van der Waals surface area (Å²) in [6, 6.07) is 12.2. The molecule has 2 heterocycles. The maximum Gasteiger partial charge on any atom is 0.303 e. The molecule has 2 atom stereocenters. The van der Waals surface area contributed by atoms with Gasteiger partial charge in [0.25, 0.3) is 5.91 Å². The molecule has 6 rings (SSSR count). The van der Waals surface area contributed by atoms with E-state index in [-0.39, 0.29) is 5.41 Å². The number of nitrogens with one attached hydrogen (secondary N) is 1. The Hall–Kier alpha value is -2.84. The van der Waals surface area contributed by atoms with Gasteiger partial charge in [-0.05, 0) is 78.0 Å². The number of rotatable bonds is 5. The van der Waals surface area contributed by atoms with E-state index in [1.165, 1.54) is 74.0 Å². The fraction of sp³-hybridized carbons (Fsp3) is 0.483. The van der Waals surface area contributed by atoms with Gasteiger partial charge >= 0.3 is 10.2 Å². The second-order valence-electron chi connectivity index (χ2n) is 11.5. The molecule has 2 aliphatic carbocycles. The van der Waals surface area contributed by atoms with Crippen molar-refractivity contribution in [2.75, 3.05) is 21.2 Å². The zero-order valence-corrected chi connectivity index (χ0v) is 22.8. The third kappa shape index (κ3) is 3.96. The summed E-state index contributed by atoms with van der Waals surface area (Å²) in [5.41, 5.74) is 6.78. The summed E-state index contributed by atoms with van der Waals surface area (Å²) in [5, 5.41) is 1.18. The summed E-state index contributed by atoms with van der Waals surface area (Å²) in [7, 11) is 0.651. The van der Waals surface area contributed by atoms with E-state index in [0.717, 1.165) is 28.5 Å². The highest BCUT2D eigenvalue weighted by Gasteiger charge is 2.54. The maximum absolute atomic E-state index is 13.0. The minimum atomic E-state index is -3.88. The Morgan fingerprint density at radius 2 is 1.86 bits per heavy atom. The molecule has 0 radical (unpaired) electrons. The third-order valence-corrected chi connectivity index (χ3v) is 10.2. The minimum absolute atomic E-state index is 0.134. The summed E-state index contributed by atoms with van der Waals surface area (Å²) in [4.78, 5) is 13.0. The number of methoxy groups -OCH3 is 1. The average molecular weight is 522 g/mol. The molecule has 37 heavy (non-hydrogen) atoms. The molecule has 3 aliphatic rings. The van der Waals surface area contributed by atoms with Crippen LogP contribution in [0.15, 0.2) is 36.4 Å². The van der Waals surface area contributed by atoms with Crippen molar-refractivity contribution in [3.05, 3.63) is 53.1 Å². The van der Waals surface area contributed by atoms with Crippen LogP contribution in [0, 0.1) is 5.41 Å². The number of benzene rings is 2. The summed E-state index contributed by atoms with van der Waals surface area (Å²) in [6.07, 6.45) is 7.20. The summed E-state index contributed by atoms with van der Waals surface area (Å²) >= 11 is 0. The molecular weight excluding hydrogens is 486 g/mol. The first-order valence-electron chi connectivity index (χ1n) is 13.2. The molecule has 0 unspecified atom stereocenters. The van der Waals surface area contributed by atoms with Gasteiger partial charge in [0, 0.05) is 42.7 Å².